The van der Waals surface area contributed by atoms with Gasteiger partial charge in [-0.05, 0) is 55.8 Å². The van der Waals surface area contributed by atoms with E-state index in [1.54, 1.807) is 50.2 Å². The molecule has 7 nitrogen and oxygen atoms in total. The molecule has 0 bridgehead atoms. The zero-order chi connectivity index (χ0) is 22.6. The van der Waals surface area contributed by atoms with Crippen LogP contribution in [0.25, 0.3) is 0 Å². The Morgan fingerprint density at radius 2 is 1.68 bits per heavy atom. The Morgan fingerprint density at radius 3 is 2.32 bits per heavy atom. The average molecular weight is 444 g/mol. The number of amides is 1. The molecule has 0 unspecified atom stereocenters. The fourth-order valence-corrected chi connectivity index (χ4v) is 4.09. The van der Waals surface area contributed by atoms with Crippen molar-refractivity contribution in [3.63, 3.8) is 0 Å². The molecule has 0 aliphatic heterocycles. The van der Waals surface area contributed by atoms with Gasteiger partial charge in [-0.15, -0.1) is 0 Å². The highest BCUT2D eigenvalue weighted by Gasteiger charge is 2.18. The number of aryl methyl sites for hydroxylation is 1. The number of aromatic nitrogens is 1. The van der Waals surface area contributed by atoms with E-state index in [1.165, 1.54) is 34.9 Å². The Kier molecular flexibility index (Phi) is 6.55. The third-order valence-corrected chi connectivity index (χ3v) is 6.12. The molecule has 0 saturated heterocycles. The Morgan fingerprint density at radius 1 is 1.03 bits per heavy atom. The van der Waals surface area contributed by atoms with E-state index in [0.29, 0.717) is 11.3 Å². The van der Waals surface area contributed by atoms with Gasteiger partial charge in [-0.2, -0.15) is 0 Å². The minimum absolute atomic E-state index is 0.0207. The molecule has 0 fully saturated rings. The molecule has 2 N–H and O–H groups in total. The van der Waals surface area contributed by atoms with E-state index in [4.69, 9.17) is 0 Å². The van der Waals surface area contributed by atoms with Gasteiger partial charge in [0.15, 0.2) is 0 Å². The first-order valence-electron chi connectivity index (χ1n) is 9.50. The van der Waals surface area contributed by atoms with Crippen molar-refractivity contribution in [1.82, 2.24) is 9.88 Å². The van der Waals surface area contributed by atoms with E-state index in [-0.39, 0.29) is 22.9 Å². The highest BCUT2D eigenvalue weighted by atomic mass is 32.2. The summed E-state index contributed by atoms with van der Waals surface area (Å²) in [5.41, 5.74) is 0.415. The number of carbonyl (C=O) groups excluding carboxylic acids is 1. The van der Waals surface area contributed by atoms with Gasteiger partial charge >= 0.3 is 0 Å². The first kappa shape index (κ1) is 22.2. The maximum atomic E-state index is 13.1. The first-order chi connectivity index (χ1) is 14.7. The van der Waals surface area contributed by atoms with Crippen molar-refractivity contribution in [2.45, 2.75) is 31.3 Å². The van der Waals surface area contributed by atoms with Gasteiger partial charge in [0.25, 0.3) is 15.6 Å². The van der Waals surface area contributed by atoms with Crippen LogP contribution in [-0.4, -0.2) is 18.9 Å². The zero-order valence-corrected chi connectivity index (χ0v) is 17.8. The molecule has 3 rings (SSSR count). The largest absolute Gasteiger partial charge is 0.348 e. The lowest BCUT2D eigenvalue weighted by Gasteiger charge is -2.17. The monoisotopic (exact) mass is 443 g/mol. The number of sulfonamides is 1. The molecule has 9 heteroatoms. The second-order valence-corrected chi connectivity index (χ2v) is 8.72. The summed E-state index contributed by atoms with van der Waals surface area (Å²) in [6.45, 7) is 3.09. The topological polar surface area (TPSA) is 97.3 Å². The lowest BCUT2D eigenvalue weighted by Crippen LogP contribution is -2.35. The molecule has 162 valence electrons. The molecular weight excluding hydrogens is 421 g/mol. The molecule has 1 atom stereocenters. The number of anilines is 1. The molecule has 0 saturated carbocycles. The molecule has 2 aromatic carbocycles. The quantitative estimate of drug-likeness (QED) is 0.587. The number of carbonyl (C=O) groups is 1. The summed E-state index contributed by atoms with van der Waals surface area (Å²) in [5, 5.41) is 2.75. The molecule has 0 spiro atoms. The predicted molar refractivity (Wildman–Crippen MR) is 116 cm³/mol. The van der Waals surface area contributed by atoms with E-state index in [0.717, 1.165) is 0 Å². The van der Waals surface area contributed by atoms with Gasteiger partial charge in [0.2, 0.25) is 5.91 Å². The highest BCUT2D eigenvalue weighted by molar-refractivity contribution is 7.92. The number of hydrogen-bond acceptors (Lipinski definition) is 4. The summed E-state index contributed by atoms with van der Waals surface area (Å²) in [4.78, 5) is 25.4. The van der Waals surface area contributed by atoms with Crippen molar-refractivity contribution >= 4 is 21.6 Å². The highest BCUT2D eigenvalue weighted by Crippen LogP contribution is 2.15. The van der Waals surface area contributed by atoms with Crippen molar-refractivity contribution in [2.24, 2.45) is 0 Å². The van der Waals surface area contributed by atoms with Crippen LogP contribution in [0.1, 0.15) is 24.2 Å². The number of rotatable bonds is 7. The maximum absolute atomic E-state index is 13.1. The van der Waals surface area contributed by atoms with Crippen LogP contribution in [0.5, 0.6) is 0 Å². The Balaban J connectivity index is 1.78. The standard InChI is InChI=1S/C22H22FN3O4S/c1-15-8-13-20(25-31(29,30)19-6-4-3-5-7-19)22(28)26(15)14-21(27)24-16(2)17-9-11-18(23)12-10-17/h3-13,16,25H,14H2,1-2H3,(H,24,27)/t16-/m0/s1. The van der Waals surface area contributed by atoms with Crippen LogP contribution in [-0.2, 0) is 21.4 Å². The second kappa shape index (κ2) is 9.13. The number of benzene rings is 2. The summed E-state index contributed by atoms with van der Waals surface area (Å²) >= 11 is 0. The summed E-state index contributed by atoms with van der Waals surface area (Å²) in [5.74, 6) is -0.815. The van der Waals surface area contributed by atoms with Gasteiger partial charge in [0.1, 0.15) is 18.0 Å². The third kappa shape index (κ3) is 5.37. The van der Waals surface area contributed by atoms with E-state index in [9.17, 15) is 22.4 Å². The van der Waals surface area contributed by atoms with Crippen LogP contribution >= 0.6 is 0 Å². The number of nitrogens with zero attached hydrogens (tertiary/aromatic N) is 1. The predicted octanol–water partition coefficient (Wildman–Crippen LogP) is 2.97. The van der Waals surface area contributed by atoms with Crippen molar-refractivity contribution < 1.29 is 17.6 Å². The number of pyridine rings is 1. The second-order valence-electron chi connectivity index (χ2n) is 7.04. The Labute approximate surface area is 179 Å². The van der Waals surface area contributed by atoms with E-state index in [2.05, 4.69) is 10.0 Å². The zero-order valence-electron chi connectivity index (χ0n) is 17.0. The fraction of sp³-hybridized carbons (Fsp3) is 0.182. The summed E-state index contributed by atoms with van der Waals surface area (Å²) < 4.78 is 41.6. The molecule has 1 aromatic heterocycles. The van der Waals surface area contributed by atoms with Crippen molar-refractivity contribution in [3.8, 4) is 0 Å². The van der Waals surface area contributed by atoms with Crippen LogP contribution in [0.3, 0.4) is 0 Å². The smallest absolute Gasteiger partial charge is 0.275 e. The minimum atomic E-state index is -3.95. The van der Waals surface area contributed by atoms with Gasteiger partial charge in [0, 0.05) is 5.69 Å². The van der Waals surface area contributed by atoms with Gasteiger partial charge in [-0.25, -0.2) is 12.8 Å². The SMILES string of the molecule is Cc1ccc(NS(=O)(=O)c2ccccc2)c(=O)n1CC(=O)N[C@@H](C)c1ccc(F)cc1. The van der Waals surface area contributed by atoms with Gasteiger partial charge in [-0.1, -0.05) is 30.3 Å². The van der Waals surface area contributed by atoms with Crippen LogP contribution in [0.4, 0.5) is 10.1 Å². The van der Waals surface area contributed by atoms with Gasteiger partial charge in [0.05, 0.1) is 10.9 Å². The van der Waals surface area contributed by atoms with E-state index in [1.807, 2.05) is 0 Å². The number of nitrogens with one attached hydrogen (secondary N) is 2. The minimum Gasteiger partial charge on any atom is -0.348 e. The van der Waals surface area contributed by atoms with Gasteiger partial charge in [-0.3, -0.25) is 14.3 Å². The third-order valence-electron chi connectivity index (χ3n) is 4.74. The summed E-state index contributed by atoms with van der Waals surface area (Å²) in [6, 6.07) is 15.9. The van der Waals surface area contributed by atoms with Crippen molar-refractivity contribution in [2.75, 3.05) is 4.72 Å². The lowest BCUT2D eigenvalue weighted by atomic mass is 10.1. The van der Waals surface area contributed by atoms with Crippen LogP contribution in [0.15, 0.2) is 76.4 Å². The number of hydrogen-bond donors (Lipinski definition) is 2. The van der Waals surface area contributed by atoms with Crippen LogP contribution < -0.4 is 15.6 Å². The Hall–Kier alpha value is -3.46. The normalized spacial score (nSPS) is 12.2. The van der Waals surface area contributed by atoms with Crippen LogP contribution in [0.2, 0.25) is 0 Å². The van der Waals surface area contributed by atoms with E-state index >= 15 is 0 Å². The number of halogens is 1. The summed E-state index contributed by atoms with van der Waals surface area (Å²) in [6.07, 6.45) is 0. The van der Waals surface area contributed by atoms with Crippen molar-refractivity contribution in [1.29, 1.82) is 0 Å². The molecule has 1 amide bonds. The first-order valence-corrected chi connectivity index (χ1v) is 11.0. The van der Waals surface area contributed by atoms with Gasteiger partial charge < -0.3 is 9.88 Å². The molecule has 1 heterocycles. The van der Waals surface area contributed by atoms with E-state index < -0.39 is 27.5 Å². The van der Waals surface area contributed by atoms with Crippen LogP contribution in [0, 0.1) is 12.7 Å². The van der Waals surface area contributed by atoms with Crippen molar-refractivity contribution in [3.05, 3.63) is 94.2 Å². The molecular formula is C22H22FN3O4S. The molecule has 3 aromatic rings. The summed E-state index contributed by atoms with van der Waals surface area (Å²) in [7, 11) is -3.95. The maximum Gasteiger partial charge on any atom is 0.275 e. The average Bonchev–Trinajstić information content (AvgIpc) is 2.74. The molecule has 0 aliphatic carbocycles. The fourth-order valence-electron chi connectivity index (χ4n) is 3.01. The molecule has 0 aliphatic rings. The molecule has 0 radical (unpaired) electrons. The Bertz CT molecular complexity index is 1240. The molecule has 31 heavy (non-hydrogen) atoms. The lowest BCUT2D eigenvalue weighted by molar-refractivity contribution is -0.122.